The van der Waals surface area contributed by atoms with Crippen molar-refractivity contribution in [3.63, 3.8) is 0 Å². The number of carbonyl (C=O) groups is 2. The molecule has 2 aromatic heterocycles. The Kier molecular flexibility index (Phi) is 6.67. The number of pyridine rings is 1. The van der Waals surface area contributed by atoms with Crippen LogP contribution in [-0.4, -0.2) is 33.5 Å². The predicted octanol–water partition coefficient (Wildman–Crippen LogP) is 3.05. The third-order valence-electron chi connectivity index (χ3n) is 6.21. The highest BCUT2D eigenvalue weighted by Crippen LogP contribution is 2.31. The molecule has 1 aromatic carbocycles. The minimum Gasteiger partial charge on any atom is -0.497 e. The minimum absolute atomic E-state index is 0.246. The fourth-order valence-corrected chi connectivity index (χ4v) is 4.37. The van der Waals surface area contributed by atoms with E-state index >= 15 is 0 Å². The van der Waals surface area contributed by atoms with Gasteiger partial charge in [0.15, 0.2) is 0 Å². The van der Waals surface area contributed by atoms with Crippen LogP contribution in [0.2, 0.25) is 0 Å². The summed E-state index contributed by atoms with van der Waals surface area (Å²) in [5, 5.41) is 3.17. The van der Waals surface area contributed by atoms with Crippen LogP contribution >= 0.6 is 0 Å². The molecule has 3 N–H and O–H groups in total. The average molecular weight is 450 g/mol. The van der Waals surface area contributed by atoms with Crippen molar-refractivity contribution in [1.82, 2.24) is 14.5 Å². The van der Waals surface area contributed by atoms with E-state index in [1.165, 1.54) is 42.8 Å². The molecule has 0 aliphatic heterocycles. The summed E-state index contributed by atoms with van der Waals surface area (Å²) in [6.45, 7) is 0. The molecule has 33 heavy (non-hydrogen) atoms. The number of primary amides is 1. The van der Waals surface area contributed by atoms with Crippen LogP contribution < -0.4 is 21.3 Å². The van der Waals surface area contributed by atoms with Gasteiger partial charge in [-0.25, -0.2) is 9.97 Å². The van der Waals surface area contributed by atoms with E-state index in [1.54, 1.807) is 18.2 Å². The van der Waals surface area contributed by atoms with E-state index in [9.17, 15) is 14.4 Å². The van der Waals surface area contributed by atoms with Crippen LogP contribution in [0, 0.1) is 5.92 Å². The summed E-state index contributed by atoms with van der Waals surface area (Å²) in [5.74, 6) is 0.215. The molecule has 2 amide bonds. The average Bonchev–Trinajstić information content (AvgIpc) is 2.84. The number of nitrogens with one attached hydrogen (secondary N) is 1. The molecule has 1 unspecified atom stereocenters. The third-order valence-corrected chi connectivity index (χ3v) is 6.21. The van der Waals surface area contributed by atoms with Gasteiger partial charge >= 0.3 is 0 Å². The van der Waals surface area contributed by atoms with Gasteiger partial charge in [0.1, 0.15) is 17.6 Å². The van der Waals surface area contributed by atoms with Crippen molar-refractivity contribution in [2.45, 2.75) is 44.6 Å². The second-order valence-electron chi connectivity index (χ2n) is 8.38. The van der Waals surface area contributed by atoms with Gasteiger partial charge in [0, 0.05) is 6.20 Å². The molecule has 0 spiro atoms. The van der Waals surface area contributed by atoms with Gasteiger partial charge in [-0.3, -0.25) is 19.0 Å². The molecular weight excluding hydrogens is 422 g/mol. The number of methoxy groups -OCH3 is 1. The predicted molar refractivity (Wildman–Crippen MR) is 124 cm³/mol. The maximum Gasteiger partial charge on any atom is 0.262 e. The summed E-state index contributed by atoms with van der Waals surface area (Å²) < 4.78 is 6.66. The van der Waals surface area contributed by atoms with E-state index < -0.39 is 11.9 Å². The Labute approximate surface area is 191 Å². The minimum atomic E-state index is -0.749. The number of aromatic nitrogens is 3. The number of anilines is 1. The van der Waals surface area contributed by atoms with Crippen molar-refractivity contribution in [3.8, 4) is 5.75 Å². The first-order chi connectivity index (χ1) is 16.0. The van der Waals surface area contributed by atoms with Crippen molar-refractivity contribution in [3.05, 3.63) is 58.8 Å². The number of hydrogen-bond acceptors (Lipinski definition) is 6. The van der Waals surface area contributed by atoms with Gasteiger partial charge in [0.2, 0.25) is 11.8 Å². The standard InChI is InChI=1S/C24H27N5O4/c1-33-17-8-9-19-18(12-17)24(32)29(14-27-19)20(11-15-5-3-2-4-6-15)23(31)28-21-10-7-16(13-26-21)22(25)30/h7-10,12-15,20H,2-6,11H2,1H3,(H2,25,30)(H,26,28,31). The Balaban J connectivity index is 1.68. The van der Waals surface area contributed by atoms with Gasteiger partial charge in [-0.15, -0.1) is 0 Å². The number of hydrogen-bond donors (Lipinski definition) is 2. The number of ether oxygens (including phenoxy) is 1. The molecule has 9 nitrogen and oxygen atoms in total. The quantitative estimate of drug-likeness (QED) is 0.570. The van der Waals surface area contributed by atoms with E-state index in [-0.39, 0.29) is 22.8 Å². The molecule has 1 aliphatic rings. The zero-order chi connectivity index (χ0) is 23.4. The topological polar surface area (TPSA) is 129 Å². The summed E-state index contributed by atoms with van der Waals surface area (Å²) in [4.78, 5) is 46.5. The fourth-order valence-electron chi connectivity index (χ4n) is 4.37. The summed E-state index contributed by atoms with van der Waals surface area (Å²) in [5.41, 5.74) is 5.74. The monoisotopic (exact) mass is 449 g/mol. The number of fused-ring (bicyclic) bond motifs is 1. The van der Waals surface area contributed by atoms with Gasteiger partial charge in [-0.2, -0.15) is 0 Å². The first-order valence-corrected chi connectivity index (χ1v) is 11.1. The highest BCUT2D eigenvalue weighted by molar-refractivity contribution is 5.95. The molecule has 9 heteroatoms. The van der Waals surface area contributed by atoms with E-state index in [1.807, 2.05) is 0 Å². The highest BCUT2D eigenvalue weighted by atomic mass is 16.5. The van der Waals surface area contributed by atoms with Gasteiger partial charge in [-0.05, 0) is 42.7 Å². The van der Waals surface area contributed by atoms with Crippen LogP contribution in [0.3, 0.4) is 0 Å². The molecule has 1 aliphatic carbocycles. The Morgan fingerprint density at radius 1 is 1.18 bits per heavy atom. The Bertz CT molecular complexity index is 1220. The van der Waals surface area contributed by atoms with Crippen molar-refractivity contribution in [2.75, 3.05) is 12.4 Å². The Morgan fingerprint density at radius 3 is 2.64 bits per heavy atom. The number of rotatable bonds is 7. The van der Waals surface area contributed by atoms with E-state index in [0.29, 0.717) is 29.0 Å². The number of benzene rings is 1. The third kappa shape index (κ3) is 5.02. The van der Waals surface area contributed by atoms with E-state index in [2.05, 4.69) is 15.3 Å². The van der Waals surface area contributed by atoms with Gasteiger partial charge in [0.05, 0.1) is 29.9 Å². The molecule has 1 fully saturated rings. The molecule has 0 saturated heterocycles. The molecular formula is C24H27N5O4. The Morgan fingerprint density at radius 2 is 1.97 bits per heavy atom. The molecule has 0 bridgehead atoms. The number of amides is 2. The lowest BCUT2D eigenvalue weighted by Gasteiger charge is -2.27. The lowest BCUT2D eigenvalue weighted by molar-refractivity contribution is -0.120. The summed E-state index contributed by atoms with van der Waals surface area (Å²) in [7, 11) is 1.53. The van der Waals surface area contributed by atoms with Crippen LogP contribution in [0.5, 0.6) is 5.75 Å². The first kappa shape index (κ1) is 22.4. The number of nitrogens with two attached hydrogens (primary N) is 1. The smallest absolute Gasteiger partial charge is 0.262 e. The largest absolute Gasteiger partial charge is 0.497 e. The van der Waals surface area contributed by atoms with Crippen LogP contribution in [0.1, 0.15) is 54.9 Å². The first-order valence-electron chi connectivity index (χ1n) is 11.1. The van der Waals surface area contributed by atoms with Crippen LogP contribution in [0.25, 0.3) is 10.9 Å². The van der Waals surface area contributed by atoms with Crippen molar-refractivity contribution >= 4 is 28.5 Å². The number of carbonyl (C=O) groups excluding carboxylic acids is 2. The lowest BCUT2D eigenvalue weighted by atomic mass is 9.84. The van der Waals surface area contributed by atoms with Gasteiger partial charge in [-0.1, -0.05) is 32.1 Å². The normalized spacial score (nSPS) is 15.2. The van der Waals surface area contributed by atoms with Gasteiger partial charge in [0.25, 0.3) is 5.56 Å². The number of nitrogens with zero attached hydrogens (tertiary/aromatic N) is 3. The molecule has 3 aromatic rings. The molecule has 2 heterocycles. The SMILES string of the molecule is COc1ccc2ncn(C(CC3CCCCC3)C(=O)Nc3ccc(C(N)=O)cn3)c(=O)c2c1. The summed E-state index contributed by atoms with van der Waals surface area (Å²) >= 11 is 0. The zero-order valence-corrected chi connectivity index (χ0v) is 18.5. The van der Waals surface area contributed by atoms with Crippen LogP contribution in [0.15, 0.2) is 47.7 Å². The zero-order valence-electron chi connectivity index (χ0n) is 18.5. The lowest BCUT2D eigenvalue weighted by Crippen LogP contribution is -2.35. The molecule has 1 atom stereocenters. The van der Waals surface area contributed by atoms with Crippen LogP contribution in [0.4, 0.5) is 5.82 Å². The van der Waals surface area contributed by atoms with Crippen LogP contribution in [-0.2, 0) is 4.79 Å². The highest BCUT2D eigenvalue weighted by Gasteiger charge is 2.28. The molecule has 0 radical (unpaired) electrons. The van der Waals surface area contributed by atoms with Crippen molar-refractivity contribution in [2.24, 2.45) is 11.7 Å². The maximum atomic E-state index is 13.4. The fraction of sp³-hybridized carbons (Fsp3) is 0.375. The van der Waals surface area contributed by atoms with E-state index in [0.717, 1.165) is 25.7 Å². The van der Waals surface area contributed by atoms with Gasteiger partial charge < -0.3 is 15.8 Å². The maximum absolute atomic E-state index is 13.4. The molecule has 1 saturated carbocycles. The van der Waals surface area contributed by atoms with E-state index in [4.69, 9.17) is 10.5 Å². The molecule has 4 rings (SSSR count). The Hall–Kier alpha value is -3.75. The summed E-state index contributed by atoms with van der Waals surface area (Å²) in [6, 6.07) is 7.37. The molecule has 172 valence electrons. The second kappa shape index (κ2) is 9.81. The van der Waals surface area contributed by atoms with Crippen molar-refractivity contribution < 1.29 is 14.3 Å². The second-order valence-corrected chi connectivity index (χ2v) is 8.38. The van der Waals surface area contributed by atoms with Crippen molar-refractivity contribution in [1.29, 1.82) is 0 Å². The summed E-state index contributed by atoms with van der Waals surface area (Å²) in [6.07, 6.45) is 8.77.